The van der Waals surface area contributed by atoms with Gasteiger partial charge in [-0.3, -0.25) is 0 Å². The third-order valence-electron chi connectivity index (χ3n) is 2.78. The number of aromatic hydroxyl groups is 1. The van der Waals surface area contributed by atoms with Crippen LogP contribution in [0.15, 0.2) is 29.3 Å². The summed E-state index contributed by atoms with van der Waals surface area (Å²) in [7, 11) is 0. The second-order valence-electron chi connectivity index (χ2n) is 4.24. The van der Waals surface area contributed by atoms with Gasteiger partial charge < -0.3 is 9.84 Å². The lowest BCUT2D eigenvalue weighted by molar-refractivity contribution is 0.0498. The molecule has 4 heteroatoms. The summed E-state index contributed by atoms with van der Waals surface area (Å²) in [5.41, 5.74) is 1.04. The van der Waals surface area contributed by atoms with Gasteiger partial charge >= 0.3 is 5.97 Å². The maximum absolute atomic E-state index is 12.0. The summed E-state index contributed by atoms with van der Waals surface area (Å²) in [4.78, 5) is 12.0. The number of carbonyl (C=O) groups is 1. The molecule has 1 rings (SSSR count). The van der Waals surface area contributed by atoms with Gasteiger partial charge in [0.05, 0.1) is 16.6 Å². The van der Waals surface area contributed by atoms with Crippen LogP contribution in [0.2, 0.25) is 0 Å². The van der Waals surface area contributed by atoms with Crippen molar-refractivity contribution in [1.82, 2.24) is 0 Å². The van der Waals surface area contributed by atoms with E-state index in [2.05, 4.69) is 22.5 Å². The van der Waals surface area contributed by atoms with Crippen molar-refractivity contribution < 1.29 is 14.6 Å². The van der Waals surface area contributed by atoms with Crippen LogP contribution in [0.3, 0.4) is 0 Å². The van der Waals surface area contributed by atoms with Crippen molar-refractivity contribution in [2.24, 2.45) is 0 Å². The predicted molar refractivity (Wildman–Crippen MR) is 79.5 cm³/mol. The first-order valence-corrected chi connectivity index (χ1v) is 7.19. The van der Waals surface area contributed by atoms with Crippen molar-refractivity contribution >= 4 is 21.9 Å². The van der Waals surface area contributed by atoms with Crippen LogP contribution < -0.4 is 0 Å². The van der Waals surface area contributed by atoms with Crippen molar-refractivity contribution in [2.45, 2.75) is 32.6 Å². The Balaban J connectivity index is 2.94. The Morgan fingerprint density at radius 3 is 2.89 bits per heavy atom. The van der Waals surface area contributed by atoms with Crippen LogP contribution in [0.1, 0.15) is 42.1 Å². The molecular weight excluding hydrogens is 308 g/mol. The maximum Gasteiger partial charge on any atom is 0.338 e. The van der Waals surface area contributed by atoms with E-state index in [9.17, 15) is 9.90 Å². The zero-order valence-electron chi connectivity index (χ0n) is 11.1. The first-order valence-electron chi connectivity index (χ1n) is 6.40. The Labute approximate surface area is 122 Å². The molecule has 0 spiro atoms. The van der Waals surface area contributed by atoms with Crippen LogP contribution >= 0.6 is 15.9 Å². The molecule has 0 unspecified atom stereocenters. The van der Waals surface area contributed by atoms with Crippen molar-refractivity contribution in [3.63, 3.8) is 0 Å². The number of rotatable bonds is 7. The average Bonchev–Trinajstić information content (AvgIpc) is 2.40. The number of hydrogen-bond donors (Lipinski definition) is 1. The van der Waals surface area contributed by atoms with E-state index in [4.69, 9.17) is 4.74 Å². The minimum Gasteiger partial charge on any atom is -0.506 e. The van der Waals surface area contributed by atoms with Gasteiger partial charge in [-0.2, -0.15) is 0 Å². The highest BCUT2D eigenvalue weighted by Crippen LogP contribution is 2.32. The number of unbranched alkanes of at least 4 members (excludes halogenated alkanes) is 1. The van der Waals surface area contributed by atoms with Gasteiger partial charge in [0.25, 0.3) is 0 Å². The lowest BCUT2D eigenvalue weighted by Crippen LogP contribution is -2.09. The summed E-state index contributed by atoms with van der Waals surface area (Å²) < 4.78 is 5.77. The average molecular weight is 327 g/mol. The van der Waals surface area contributed by atoms with Crippen LogP contribution in [0.4, 0.5) is 0 Å². The van der Waals surface area contributed by atoms with Gasteiger partial charge in [0, 0.05) is 5.56 Å². The fourth-order valence-electron chi connectivity index (χ4n) is 1.69. The SMILES string of the molecule is C=CCCc1c(C(=O)OCCCC)ccc(Br)c1O. The van der Waals surface area contributed by atoms with Crippen molar-refractivity contribution in [2.75, 3.05) is 6.61 Å². The van der Waals surface area contributed by atoms with Gasteiger partial charge in [0.2, 0.25) is 0 Å². The molecule has 0 fully saturated rings. The fraction of sp³-hybridized carbons (Fsp3) is 0.400. The predicted octanol–water partition coefficient (Wildman–Crippen LogP) is 4.23. The highest BCUT2D eigenvalue weighted by atomic mass is 79.9. The summed E-state index contributed by atoms with van der Waals surface area (Å²) in [6.45, 7) is 6.10. The highest BCUT2D eigenvalue weighted by Gasteiger charge is 2.17. The Morgan fingerprint density at radius 1 is 1.53 bits per heavy atom. The molecule has 0 heterocycles. The molecule has 3 nitrogen and oxygen atoms in total. The van der Waals surface area contributed by atoms with Crippen molar-refractivity contribution in [1.29, 1.82) is 0 Å². The number of allylic oxidation sites excluding steroid dienone is 1. The van der Waals surface area contributed by atoms with Crippen LogP contribution in [0.25, 0.3) is 0 Å². The van der Waals surface area contributed by atoms with Gasteiger partial charge in [-0.15, -0.1) is 6.58 Å². The molecule has 0 radical (unpaired) electrons. The summed E-state index contributed by atoms with van der Waals surface area (Å²) in [6, 6.07) is 3.33. The molecule has 0 aliphatic heterocycles. The normalized spacial score (nSPS) is 10.2. The van der Waals surface area contributed by atoms with E-state index < -0.39 is 0 Å². The summed E-state index contributed by atoms with van der Waals surface area (Å²) >= 11 is 3.26. The van der Waals surface area contributed by atoms with E-state index in [1.807, 2.05) is 6.92 Å². The summed E-state index contributed by atoms with van der Waals surface area (Å²) in [5, 5.41) is 10.0. The maximum atomic E-state index is 12.0. The minimum atomic E-state index is -0.379. The molecule has 0 aliphatic rings. The zero-order chi connectivity index (χ0) is 14.3. The third kappa shape index (κ3) is 4.39. The fourth-order valence-corrected chi connectivity index (χ4v) is 2.06. The van der Waals surface area contributed by atoms with Gasteiger partial charge in [0.15, 0.2) is 0 Å². The molecule has 0 amide bonds. The van der Waals surface area contributed by atoms with Crippen LogP contribution in [-0.2, 0) is 11.2 Å². The molecular formula is C15H19BrO3. The first-order chi connectivity index (χ1) is 9.11. The van der Waals surface area contributed by atoms with Gasteiger partial charge in [0.1, 0.15) is 5.75 Å². The number of ether oxygens (including phenoxy) is 1. The molecule has 0 aromatic heterocycles. The largest absolute Gasteiger partial charge is 0.506 e. The van der Waals surface area contributed by atoms with Gasteiger partial charge in [-0.25, -0.2) is 4.79 Å². The van der Waals surface area contributed by atoms with E-state index in [0.717, 1.165) is 12.8 Å². The first kappa shape index (κ1) is 15.8. The van der Waals surface area contributed by atoms with Crippen molar-refractivity contribution in [3.05, 3.63) is 40.4 Å². The number of phenols is 1. The van der Waals surface area contributed by atoms with Crippen LogP contribution in [0, 0.1) is 0 Å². The minimum absolute atomic E-state index is 0.104. The number of esters is 1. The monoisotopic (exact) mass is 326 g/mol. The molecule has 1 aromatic rings. The van der Waals surface area contributed by atoms with E-state index in [0.29, 0.717) is 35.0 Å². The molecule has 1 aromatic carbocycles. The van der Waals surface area contributed by atoms with Gasteiger partial charge in [-0.1, -0.05) is 19.4 Å². The molecule has 0 bridgehead atoms. The van der Waals surface area contributed by atoms with Crippen LogP contribution in [-0.4, -0.2) is 17.7 Å². The Bertz CT molecular complexity index is 455. The summed E-state index contributed by atoms with van der Waals surface area (Å²) in [6.07, 6.45) is 4.83. The molecule has 104 valence electrons. The zero-order valence-corrected chi connectivity index (χ0v) is 12.7. The highest BCUT2D eigenvalue weighted by molar-refractivity contribution is 9.10. The third-order valence-corrected chi connectivity index (χ3v) is 3.42. The standard InChI is InChI=1S/C15H19BrO3/c1-3-5-7-11-12(8-9-13(16)14(11)17)15(18)19-10-6-4-2/h3,8-9,17H,1,4-7,10H2,2H3. The van der Waals surface area contributed by atoms with Crippen LogP contribution in [0.5, 0.6) is 5.75 Å². The number of phenolic OH excluding ortho intramolecular Hbond substituents is 1. The lowest BCUT2D eigenvalue weighted by atomic mass is 10.0. The van der Waals surface area contributed by atoms with E-state index in [-0.39, 0.29) is 11.7 Å². The van der Waals surface area contributed by atoms with E-state index in [1.54, 1.807) is 18.2 Å². The molecule has 0 saturated heterocycles. The smallest absolute Gasteiger partial charge is 0.338 e. The Hall–Kier alpha value is -1.29. The second-order valence-corrected chi connectivity index (χ2v) is 5.09. The second kappa shape index (κ2) is 8.00. The molecule has 0 aliphatic carbocycles. The molecule has 0 saturated carbocycles. The number of halogens is 1. The lowest BCUT2D eigenvalue weighted by Gasteiger charge is -2.12. The van der Waals surface area contributed by atoms with Gasteiger partial charge in [-0.05, 0) is 47.3 Å². The molecule has 0 atom stereocenters. The Morgan fingerprint density at radius 2 is 2.26 bits per heavy atom. The van der Waals surface area contributed by atoms with E-state index >= 15 is 0 Å². The van der Waals surface area contributed by atoms with Crippen molar-refractivity contribution in [3.8, 4) is 5.75 Å². The molecule has 1 N–H and O–H groups in total. The number of hydrogen-bond acceptors (Lipinski definition) is 3. The number of carbonyl (C=O) groups excluding carboxylic acids is 1. The quantitative estimate of drug-likeness (QED) is 0.463. The molecule has 19 heavy (non-hydrogen) atoms. The Kier molecular flexibility index (Phi) is 6.64. The summed E-state index contributed by atoms with van der Waals surface area (Å²) in [5.74, 6) is -0.276. The van der Waals surface area contributed by atoms with E-state index in [1.165, 1.54) is 0 Å². The number of benzene rings is 1. The topological polar surface area (TPSA) is 46.5 Å².